The lowest BCUT2D eigenvalue weighted by Crippen LogP contribution is -2.68. The van der Waals surface area contributed by atoms with Crippen molar-refractivity contribution < 1.29 is 43.5 Å². The fourth-order valence-electron chi connectivity index (χ4n) is 6.48. The largest absolute Gasteiger partial charge is 0.458 e. The number of rotatable bonds is 9. The van der Waals surface area contributed by atoms with Crippen molar-refractivity contribution in [1.29, 1.82) is 0 Å². The van der Waals surface area contributed by atoms with Crippen LogP contribution in [0.5, 0.6) is 0 Å². The van der Waals surface area contributed by atoms with Gasteiger partial charge in [-0.15, -0.1) is 0 Å². The third-order valence-electron chi connectivity index (χ3n) is 9.06. The normalized spacial score (nSPS) is 38.6. The molecule has 3 rings (SSSR count). The Morgan fingerprint density at radius 3 is 2.39 bits per heavy atom. The molecule has 0 radical (unpaired) electrons. The molecule has 1 saturated heterocycles. The molecule has 212 valence electrons. The maximum absolute atomic E-state index is 12.8. The van der Waals surface area contributed by atoms with Crippen LogP contribution in [0.25, 0.3) is 0 Å². The van der Waals surface area contributed by atoms with E-state index < -0.39 is 65.5 Å². The van der Waals surface area contributed by atoms with E-state index >= 15 is 0 Å². The van der Waals surface area contributed by atoms with Crippen molar-refractivity contribution >= 4 is 17.9 Å². The molecule has 1 heterocycles. The minimum absolute atomic E-state index is 0.283. The van der Waals surface area contributed by atoms with Crippen LogP contribution in [0.1, 0.15) is 67.2 Å². The number of hydrogen-bond acceptors (Lipinski definition) is 9. The van der Waals surface area contributed by atoms with Crippen molar-refractivity contribution in [3.8, 4) is 0 Å². The Kier molecular flexibility index (Phi) is 8.95. The molecule has 2 aliphatic carbocycles. The predicted molar refractivity (Wildman–Crippen MR) is 138 cm³/mol. The lowest BCUT2D eigenvalue weighted by atomic mass is 9.44. The lowest BCUT2D eigenvalue weighted by Gasteiger charge is -2.62. The van der Waals surface area contributed by atoms with Gasteiger partial charge in [0, 0.05) is 19.4 Å². The summed E-state index contributed by atoms with van der Waals surface area (Å²) in [5.74, 6) is -2.89. The van der Waals surface area contributed by atoms with Crippen LogP contribution in [0, 0.1) is 28.6 Å². The summed E-state index contributed by atoms with van der Waals surface area (Å²) in [5.41, 5.74) is -0.972. The highest BCUT2D eigenvalue weighted by Crippen LogP contribution is 2.67. The second-order valence-corrected chi connectivity index (χ2v) is 11.2. The molecule has 1 saturated carbocycles. The number of carbonyl (C=O) groups excluding carboxylic acids is 3. The predicted octanol–water partition coefficient (Wildman–Crippen LogP) is 3.59. The number of aliphatic hydroxyl groups excluding tert-OH is 2. The maximum atomic E-state index is 12.8. The molecule has 3 aliphatic rings. The van der Waals surface area contributed by atoms with Crippen LogP contribution in [0.4, 0.5) is 0 Å². The smallest absolute Gasteiger partial charge is 0.309 e. The topological polar surface area (TPSA) is 129 Å². The van der Waals surface area contributed by atoms with Gasteiger partial charge in [-0.05, 0) is 49.0 Å². The SMILES string of the molecule is C=CC(=C)CC[C@@]1(C)[C@H](C)[C@H](O)[C@H](O)[C@]23C(=C[C@H](OC(=O)[C@H](C)CC)C[C@H]12)[C@@H](OC(C)=O)O[C@H]3OC(C)=O. The number of hydrogen-bond donors (Lipinski definition) is 2. The highest BCUT2D eigenvalue weighted by molar-refractivity contribution is 5.72. The fraction of sp³-hybridized carbons (Fsp3) is 0.690. The van der Waals surface area contributed by atoms with E-state index in [0.717, 1.165) is 5.57 Å². The number of allylic oxidation sites excluding steroid dienone is 2. The van der Waals surface area contributed by atoms with E-state index in [1.165, 1.54) is 13.8 Å². The first-order chi connectivity index (χ1) is 17.7. The molecule has 2 N–H and O–H groups in total. The summed E-state index contributed by atoms with van der Waals surface area (Å²) >= 11 is 0. The Hall–Kier alpha value is -2.49. The van der Waals surface area contributed by atoms with Crippen LogP contribution in [0.3, 0.4) is 0 Å². The van der Waals surface area contributed by atoms with Crippen LogP contribution < -0.4 is 0 Å². The minimum atomic E-state index is -1.44. The standard InChI is InChI=1S/C29H42O9/c1-9-15(3)11-12-28(8)17(5)23(32)24(33)29-21(26(35-18(6)30)38-27(29)36-19(7)31)13-20(14-22(28)29)37-25(34)16(4)10-2/h9,13,16-17,20,22-24,26-27,32-33H,1,3,10-12,14H2,2,4-8H3/t16-,17-,20+,22-,23+,24+,26+,27-,28+,29+/m1/s1. The summed E-state index contributed by atoms with van der Waals surface area (Å²) in [4.78, 5) is 37.0. The summed E-state index contributed by atoms with van der Waals surface area (Å²) in [6, 6.07) is 0. The van der Waals surface area contributed by atoms with Gasteiger partial charge in [-0.25, -0.2) is 0 Å². The van der Waals surface area contributed by atoms with Crippen molar-refractivity contribution in [2.24, 2.45) is 28.6 Å². The number of aliphatic hydroxyl groups is 2. The molecule has 0 aromatic carbocycles. The Bertz CT molecular complexity index is 1000. The monoisotopic (exact) mass is 534 g/mol. The summed E-state index contributed by atoms with van der Waals surface area (Å²) in [6.07, 6.45) is -0.661. The van der Waals surface area contributed by atoms with Crippen LogP contribution in [0.15, 0.2) is 36.5 Å². The zero-order valence-corrected chi connectivity index (χ0v) is 23.3. The van der Waals surface area contributed by atoms with Gasteiger partial charge in [0.05, 0.1) is 23.5 Å². The Morgan fingerprint density at radius 1 is 1.21 bits per heavy atom. The van der Waals surface area contributed by atoms with Crippen molar-refractivity contribution in [3.63, 3.8) is 0 Å². The van der Waals surface area contributed by atoms with Crippen LogP contribution in [-0.4, -0.2) is 59.0 Å². The molecule has 0 unspecified atom stereocenters. The Balaban J connectivity index is 2.24. The van der Waals surface area contributed by atoms with Gasteiger partial charge in [0.2, 0.25) is 12.6 Å². The van der Waals surface area contributed by atoms with Crippen molar-refractivity contribution in [1.82, 2.24) is 0 Å². The minimum Gasteiger partial charge on any atom is -0.458 e. The van der Waals surface area contributed by atoms with Crippen molar-refractivity contribution in [2.45, 2.75) is 98.1 Å². The van der Waals surface area contributed by atoms with Gasteiger partial charge in [0.1, 0.15) is 6.10 Å². The molecule has 38 heavy (non-hydrogen) atoms. The van der Waals surface area contributed by atoms with Gasteiger partial charge >= 0.3 is 17.9 Å². The summed E-state index contributed by atoms with van der Waals surface area (Å²) in [7, 11) is 0. The molecule has 0 aromatic rings. The summed E-state index contributed by atoms with van der Waals surface area (Å²) in [6.45, 7) is 17.8. The van der Waals surface area contributed by atoms with E-state index in [4.69, 9.17) is 18.9 Å². The highest BCUT2D eigenvalue weighted by Gasteiger charge is 2.73. The zero-order valence-electron chi connectivity index (χ0n) is 23.3. The van der Waals surface area contributed by atoms with Crippen LogP contribution >= 0.6 is 0 Å². The summed E-state index contributed by atoms with van der Waals surface area (Å²) in [5, 5.41) is 23.2. The van der Waals surface area contributed by atoms with E-state index in [1.54, 1.807) is 19.1 Å². The highest BCUT2D eigenvalue weighted by atomic mass is 16.8. The average Bonchev–Trinajstić information content (AvgIpc) is 3.15. The molecule has 2 fully saturated rings. The van der Waals surface area contributed by atoms with Crippen molar-refractivity contribution in [2.75, 3.05) is 0 Å². The van der Waals surface area contributed by atoms with E-state index in [9.17, 15) is 24.6 Å². The van der Waals surface area contributed by atoms with Gasteiger partial charge < -0.3 is 24.4 Å². The molecule has 0 aromatic heterocycles. The van der Waals surface area contributed by atoms with Gasteiger partial charge in [0.15, 0.2) is 0 Å². The van der Waals surface area contributed by atoms with E-state index in [-0.39, 0.29) is 18.3 Å². The first-order valence-corrected chi connectivity index (χ1v) is 13.3. The molecule has 0 amide bonds. The van der Waals surface area contributed by atoms with Gasteiger partial charge in [-0.3, -0.25) is 19.1 Å². The number of esters is 3. The maximum Gasteiger partial charge on any atom is 0.309 e. The van der Waals surface area contributed by atoms with Crippen LogP contribution in [-0.2, 0) is 33.3 Å². The first kappa shape index (κ1) is 30.1. The molecule has 10 atom stereocenters. The number of ether oxygens (including phenoxy) is 4. The quantitative estimate of drug-likeness (QED) is 0.197. The first-order valence-electron chi connectivity index (χ1n) is 13.3. The Labute approximate surface area is 224 Å². The molecule has 0 bridgehead atoms. The van der Waals surface area contributed by atoms with Gasteiger partial charge in [-0.1, -0.05) is 52.5 Å². The number of carbonyl (C=O) groups is 3. The molecular weight excluding hydrogens is 492 g/mol. The molecule has 1 spiro atoms. The van der Waals surface area contributed by atoms with Gasteiger partial charge in [0.25, 0.3) is 0 Å². The second-order valence-electron chi connectivity index (χ2n) is 11.2. The third kappa shape index (κ3) is 5.08. The van der Waals surface area contributed by atoms with Crippen molar-refractivity contribution in [3.05, 3.63) is 36.5 Å². The fourth-order valence-corrected chi connectivity index (χ4v) is 6.48. The van der Waals surface area contributed by atoms with E-state index in [1.807, 2.05) is 20.8 Å². The molecule has 1 aliphatic heterocycles. The van der Waals surface area contributed by atoms with Crippen LogP contribution in [0.2, 0.25) is 0 Å². The zero-order chi connectivity index (χ0) is 28.6. The lowest BCUT2D eigenvalue weighted by molar-refractivity contribution is -0.274. The van der Waals surface area contributed by atoms with E-state index in [2.05, 4.69) is 13.2 Å². The second kappa shape index (κ2) is 11.3. The van der Waals surface area contributed by atoms with Gasteiger partial charge in [-0.2, -0.15) is 0 Å². The molecule has 9 heteroatoms. The average molecular weight is 535 g/mol. The molecular formula is C29H42O9. The molecule has 9 nitrogen and oxygen atoms in total. The third-order valence-corrected chi connectivity index (χ3v) is 9.06. The summed E-state index contributed by atoms with van der Waals surface area (Å²) < 4.78 is 23.0. The Morgan fingerprint density at radius 2 is 1.84 bits per heavy atom. The van der Waals surface area contributed by atoms with E-state index in [0.29, 0.717) is 24.8 Å².